The van der Waals surface area contributed by atoms with E-state index in [1.165, 1.54) is 6.92 Å². The number of rotatable bonds is 17. The van der Waals surface area contributed by atoms with Gasteiger partial charge < -0.3 is 14.4 Å². The maximum absolute atomic E-state index is 12.2. The van der Waals surface area contributed by atoms with Gasteiger partial charge in [0.25, 0.3) is 0 Å². The van der Waals surface area contributed by atoms with Gasteiger partial charge in [-0.25, -0.2) is 0 Å². The molecule has 0 heterocycles. The van der Waals surface area contributed by atoms with Gasteiger partial charge in [0.2, 0.25) is 0 Å². The van der Waals surface area contributed by atoms with Gasteiger partial charge in [0.05, 0.1) is 6.61 Å². The smallest absolute Gasteiger partial charge is 0.389 e. The molecule has 0 aromatic rings. The Hall–Kier alpha value is -1.98. The lowest BCUT2D eigenvalue weighted by Gasteiger charge is -2.20. The highest BCUT2D eigenvalue weighted by molar-refractivity contribution is 5.69. The van der Waals surface area contributed by atoms with E-state index in [0.29, 0.717) is 51.8 Å². The summed E-state index contributed by atoms with van der Waals surface area (Å²) in [5, 5.41) is 9.24. The fourth-order valence-corrected chi connectivity index (χ4v) is 3.07. The molecule has 0 amide bonds. The molecule has 6 nitrogen and oxygen atoms in total. The predicted molar refractivity (Wildman–Crippen MR) is 106 cm³/mol. The number of hydrogen-bond acceptors (Lipinski definition) is 6. The highest BCUT2D eigenvalue weighted by Gasteiger charge is 2.26. The van der Waals surface area contributed by atoms with Gasteiger partial charge in [0.15, 0.2) is 6.19 Å². The molecule has 1 atom stereocenters. The van der Waals surface area contributed by atoms with Crippen molar-refractivity contribution < 1.29 is 32.2 Å². The van der Waals surface area contributed by atoms with Crippen LogP contribution in [0.4, 0.5) is 13.2 Å². The SMILES string of the molecule is CCOC(=O)CCCCCCN(C#N)CCCC(CCCCC(F)(F)F)OC(C)=O. The fraction of sp³-hybridized carbons (Fsp3) is 0.857. The van der Waals surface area contributed by atoms with Crippen molar-refractivity contribution in [2.45, 2.75) is 96.8 Å². The molecular formula is C21H35F3N2O4. The third-order valence-electron chi connectivity index (χ3n) is 4.53. The van der Waals surface area contributed by atoms with Crippen LogP contribution in [-0.4, -0.2) is 48.8 Å². The minimum Gasteiger partial charge on any atom is -0.466 e. The summed E-state index contributed by atoms with van der Waals surface area (Å²) in [5.74, 6) is -0.632. The Labute approximate surface area is 177 Å². The molecule has 0 aliphatic carbocycles. The van der Waals surface area contributed by atoms with Crippen LogP contribution in [-0.2, 0) is 19.1 Å². The van der Waals surface area contributed by atoms with E-state index >= 15 is 0 Å². The Bertz CT molecular complexity index is 521. The first-order valence-corrected chi connectivity index (χ1v) is 10.7. The van der Waals surface area contributed by atoms with Crippen molar-refractivity contribution in [2.75, 3.05) is 19.7 Å². The largest absolute Gasteiger partial charge is 0.466 e. The molecular weight excluding hydrogens is 401 g/mol. The van der Waals surface area contributed by atoms with Gasteiger partial charge in [-0.3, -0.25) is 9.59 Å². The Morgan fingerprint density at radius 2 is 1.63 bits per heavy atom. The summed E-state index contributed by atoms with van der Waals surface area (Å²) in [7, 11) is 0. The van der Waals surface area contributed by atoms with Gasteiger partial charge in [0.1, 0.15) is 6.10 Å². The molecule has 0 rings (SSSR count). The topological polar surface area (TPSA) is 79.6 Å². The predicted octanol–water partition coefficient (Wildman–Crippen LogP) is 5.12. The van der Waals surface area contributed by atoms with Crippen molar-refractivity contribution in [3.63, 3.8) is 0 Å². The van der Waals surface area contributed by atoms with E-state index in [-0.39, 0.29) is 12.4 Å². The zero-order chi connectivity index (χ0) is 22.8. The van der Waals surface area contributed by atoms with Gasteiger partial charge >= 0.3 is 18.1 Å². The van der Waals surface area contributed by atoms with Crippen LogP contribution in [0.25, 0.3) is 0 Å². The lowest BCUT2D eigenvalue weighted by atomic mass is 10.1. The molecule has 9 heteroatoms. The molecule has 0 bridgehead atoms. The summed E-state index contributed by atoms with van der Waals surface area (Å²) in [6.07, 6.45) is 2.42. The molecule has 0 aromatic carbocycles. The maximum Gasteiger partial charge on any atom is 0.389 e. The van der Waals surface area contributed by atoms with Crippen molar-refractivity contribution in [2.24, 2.45) is 0 Å². The van der Waals surface area contributed by atoms with E-state index in [1.54, 1.807) is 11.8 Å². The van der Waals surface area contributed by atoms with E-state index < -0.39 is 24.7 Å². The Balaban J connectivity index is 4.02. The van der Waals surface area contributed by atoms with E-state index in [1.807, 2.05) is 0 Å². The highest BCUT2D eigenvalue weighted by Crippen LogP contribution is 2.23. The van der Waals surface area contributed by atoms with Crippen LogP contribution in [0.1, 0.15) is 84.5 Å². The van der Waals surface area contributed by atoms with Crippen LogP contribution in [0.2, 0.25) is 0 Å². The summed E-state index contributed by atoms with van der Waals surface area (Å²) in [5.41, 5.74) is 0. The second-order valence-electron chi connectivity index (χ2n) is 7.29. The Kier molecular flexibility index (Phi) is 15.7. The summed E-state index contributed by atoms with van der Waals surface area (Å²) < 4.78 is 46.7. The lowest BCUT2D eigenvalue weighted by Crippen LogP contribution is -2.23. The van der Waals surface area contributed by atoms with Gasteiger partial charge in [0, 0.05) is 32.9 Å². The minimum absolute atomic E-state index is 0.0156. The number of carbonyl (C=O) groups is 2. The Morgan fingerprint density at radius 3 is 2.23 bits per heavy atom. The lowest BCUT2D eigenvalue weighted by molar-refractivity contribution is -0.148. The number of unbranched alkanes of at least 4 members (excludes halogenated alkanes) is 4. The second-order valence-corrected chi connectivity index (χ2v) is 7.29. The molecule has 1 unspecified atom stereocenters. The molecule has 0 aliphatic heterocycles. The average molecular weight is 437 g/mol. The number of nitrogens with zero attached hydrogens (tertiary/aromatic N) is 2. The molecule has 0 radical (unpaired) electrons. The molecule has 0 spiro atoms. The zero-order valence-corrected chi connectivity index (χ0v) is 18.1. The first-order valence-electron chi connectivity index (χ1n) is 10.7. The molecule has 0 aliphatic rings. The van der Waals surface area contributed by atoms with Crippen LogP contribution in [0.15, 0.2) is 0 Å². The van der Waals surface area contributed by atoms with Crippen molar-refractivity contribution in [1.82, 2.24) is 4.90 Å². The quantitative estimate of drug-likeness (QED) is 0.136. The fourth-order valence-electron chi connectivity index (χ4n) is 3.07. The number of alkyl halides is 3. The molecule has 0 aromatic heterocycles. The van der Waals surface area contributed by atoms with Crippen LogP contribution in [0.3, 0.4) is 0 Å². The summed E-state index contributed by atoms with van der Waals surface area (Å²) >= 11 is 0. The van der Waals surface area contributed by atoms with Crippen molar-refractivity contribution in [3.05, 3.63) is 0 Å². The van der Waals surface area contributed by atoms with Crippen molar-refractivity contribution in [1.29, 1.82) is 5.26 Å². The maximum atomic E-state index is 12.2. The molecule has 0 N–H and O–H groups in total. The van der Waals surface area contributed by atoms with E-state index in [9.17, 15) is 28.0 Å². The van der Waals surface area contributed by atoms with E-state index in [4.69, 9.17) is 9.47 Å². The third-order valence-corrected chi connectivity index (χ3v) is 4.53. The summed E-state index contributed by atoms with van der Waals surface area (Å²) in [4.78, 5) is 24.1. The number of hydrogen-bond donors (Lipinski definition) is 0. The van der Waals surface area contributed by atoms with Crippen molar-refractivity contribution in [3.8, 4) is 6.19 Å². The van der Waals surface area contributed by atoms with Gasteiger partial charge in [-0.2, -0.15) is 18.4 Å². The van der Waals surface area contributed by atoms with E-state index in [2.05, 4.69) is 6.19 Å². The van der Waals surface area contributed by atoms with Crippen LogP contribution >= 0.6 is 0 Å². The van der Waals surface area contributed by atoms with Crippen molar-refractivity contribution >= 4 is 11.9 Å². The second kappa shape index (κ2) is 16.8. The first-order chi connectivity index (χ1) is 14.2. The number of halogens is 3. The summed E-state index contributed by atoms with van der Waals surface area (Å²) in [6, 6.07) is 0. The summed E-state index contributed by atoms with van der Waals surface area (Å²) in [6.45, 7) is 4.57. The third kappa shape index (κ3) is 18.1. The first kappa shape index (κ1) is 28.0. The van der Waals surface area contributed by atoms with Gasteiger partial charge in [-0.05, 0) is 51.9 Å². The number of ether oxygens (including phenoxy) is 2. The Morgan fingerprint density at radius 1 is 1.00 bits per heavy atom. The average Bonchev–Trinajstić information content (AvgIpc) is 2.65. The number of esters is 2. The molecule has 174 valence electrons. The standard InChI is InChI=1S/C21H35F3N2O4/c1-3-29-20(28)13-6-4-5-9-15-26(17-25)16-10-12-19(30-18(2)27)11-7-8-14-21(22,23)24/h19H,3-16H2,1-2H3. The molecule has 0 fully saturated rings. The van der Waals surface area contributed by atoms with Gasteiger partial charge in [-0.15, -0.1) is 0 Å². The van der Waals surface area contributed by atoms with Crippen LogP contribution in [0, 0.1) is 11.5 Å². The van der Waals surface area contributed by atoms with E-state index in [0.717, 1.165) is 25.7 Å². The van der Waals surface area contributed by atoms with Gasteiger partial charge in [-0.1, -0.05) is 12.8 Å². The molecule has 30 heavy (non-hydrogen) atoms. The zero-order valence-electron chi connectivity index (χ0n) is 18.1. The molecule has 0 saturated carbocycles. The van der Waals surface area contributed by atoms with Crippen LogP contribution < -0.4 is 0 Å². The van der Waals surface area contributed by atoms with Crippen LogP contribution in [0.5, 0.6) is 0 Å². The monoisotopic (exact) mass is 436 g/mol. The number of nitriles is 1. The highest BCUT2D eigenvalue weighted by atomic mass is 19.4. The molecule has 0 saturated heterocycles. The minimum atomic E-state index is -4.16. The number of carbonyl (C=O) groups excluding carboxylic acids is 2. The normalized spacial score (nSPS) is 12.1.